The number of halogens is 3. The molecule has 0 spiro atoms. The minimum Gasteiger partial charge on any atom is -0.491 e. The number of aliphatic hydroxyl groups is 2. The van der Waals surface area contributed by atoms with E-state index in [0.29, 0.717) is 18.8 Å². The first-order valence-corrected chi connectivity index (χ1v) is 8.08. The van der Waals surface area contributed by atoms with Crippen LogP contribution in [-0.2, 0) is 0 Å². The summed E-state index contributed by atoms with van der Waals surface area (Å²) < 4.78 is 45.4. The van der Waals surface area contributed by atoms with Gasteiger partial charge in [-0.1, -0.05) is 0 Å². The molecule has 1 fully saturated rings. The minimum absolute atomic E-state index is 0.0519. The zero-order valence-corrected chi connectivity index (χ0v) is 13.8. The van der Waals surface area contributed by atoms with Crippen molar-refractivity contribution in [3.8, 4) is 11.5 Å². The van der Waals surface area contributed by atoms with Gasteiger partial charge in [-0.15, -0.1) is 13.2 Å². The summed E-state index contributed by atoms with van der Waals surface area (Å²) in [6.45, 7) is 4.61. The molecule has 1 heterocycles. The Labute approximate surface area is 144 Å². The Hall–Kier alpha value is -1.55. The number of β-amino-alcohol motifs (C(OH)–C–C–N with tert-alkyl or cyclic N) is 2. The van der Waals surface area contributed by atoms with Crippen LogP contribution in [0.2, 0.25) is 0 Å². The van der Waals surface area contributed by atoms with Gasteiger partial charge in [-0.05, 0) is 24.3 Å². The molecule has 6 nitrogen and oxygen atoms in total. The third-order valence-electron chi connectivity index (χ3n) is 3.85. The summed E-state index contributed by atoms with van der Waals surface area (Å²) in [6.07, 6.45) is -5.42. The van der Waals surface area contributed by atoms with E-state index in [-0.39, 0.29) is 19.0 Å². The Morgan fingerprint density at radius 2 is 1.56 bits per heavy atom. The van der Waals surface area contributed by atoms with Gasteiger partial charge >= 0.3 is 6.36 Å². The van der Waals surface area contributed by atoms with Crippen LogP contribution in [0.1, 0.15) is 0 Å². The van der Waals surface area contributed by atoms with Crippen LogP contribution in [0.25, 0.3) is 0 Å². The second kappa shape index (κ2) is 9.23. The molecule has 0 bridgehead atoms. The number of rotatable bonds is 8. The first kappa shape index (κ1) is 19.8. The van der Waals surface area contributed by atoms with Crippen molar-refractivity contribution in [1.29, 1.82) is 0 Å². The lowest BCUT2D eigenvalue weighted by atomic mass is 10.2. The van der Waals surface area contributed by atoms with Crippen molar-refractivity contribution in [3.05, 3.63) is 24.3 Å². The summed E-state index contributed by atoms with van der Waals surface area (Å²) in [7, 11) is 0. The molecular formula is C16H23F3N2O4. The van der Waals surface area contributed by atoms with E-state index in [2.05, 4.69) is 14.5 Å². The zero-order valence-electron chi connectivity index (χ0n) is 13.8. The first-order chi connectivity index (χ1) is 11.9. The van der Waals surface area contributed by atoms with Crippen LogP contribution in [0.5, 0.6) is 11.5 Å². The Bertz CT molecular complexity index is 505. The maximum Gasteiger partial charge on any atom is 0.573 e. The minimum atomic E-state index is -4.72. The molecular weight excluding hydrogens is 341 g/mol. The number of hydrogen-bond donors (Lipinski definition) is 2. The average molecular weight is 364 g/mol. The number of nitrogens with zero attached hydrogens (tertiary/aromatic N) is 2. The standard InChI is InChI=1S/C16H23F3N2O4/c17-16(18,19)25-15-3-1-14(2-4-15)24-12-13(23)11-21-7-5-20(6-8-21)9-10-22/h1-4,13,22-23H,5-12H2/t13-/m1/s1. The molecule has 0 amide bonds. The maximum absolute atomic E-state index is 12.1. The van der Waals surface area contributed by atoms with Gasteiger partial charge in [0.15, 0.2) is 0 Å². The average Bonchev–Trinajstić information content (AvgIpc) is 2.55. The Kier molecular flexibility index (Phi) is 7.30. The highest BCUT2D eigenvalue weighted by Crippen LogP contribution is 2.24. The number of hydrogen-bond acceptors (Lipinski definition) is 6. The van der Waals surface area contributed by atoms with Crippen LogP contribution in [0.3, 0.4) is 0 Å². The number of alkyl halides is 3. The second-order valence-electron chi connectivity index (χ2n) is 5.85. The second-order valence-corrected chi connectivity index (χ2v) is 5.85. The number of benzene rings is 1. The largest absolute Gasteiger partial charge is 0.573 e. The molecule has 1 atom stereocenters. The lowest BCUT2D eigenvalue weighted by molar-refractivity contribution is -0.274. The Morgan fingerprint density at radius 3 is 2.12 bits per heavy atom. The predicted octanol–water partition coefficient (Wildman–Crippen LogP) is 0.935. The van der Waals surface area contributed by atoms with Gasteiger partial charge in [0.1, 0.15) is 24.2 Å². The van der Waals surface area contributed by atoms with E-state index in [1.807, 2.05) is 0 Å². The Morgan fingerprint density at radius 1 is 1.00 bits per heavy atom. The molecule has 9 heteroatoms. The molecule has 2 rings (SSSR count). The molecule has 0 saturated carbocycles. The molecule has 0 radical (unpaired) electrons. The highest BCUT2D eigenvalue weighted by Gasteiger charge is 2.31. The van der Waals surface area contributed by atoms with Gasteiger partial charge < -0.3 is 19.7 Å². The first-order valence-electron chi connectivity index (χ1n) is 8.08. The molecule has 0 unspecified atom stereocenters. The van der Waals surface area contributed by atoms with E-state index in [4.69, 9.17) is 9.84 Å². The fraction of sp³-hybridized carbons (Fsp3) is 0.625. The van der Waals surface area contributed by atoms with E-state index < -0.39 is 12.5 Å². The van der Waals surface area contributed by atoms with Crippen LogP contribution in [0.15, 0.2) is 24.3 Å². The van der Waals surface area contributed by atoms with Crippen molar-refractivity contribution >= 4 is 0 Å². The van der Waals surface area contributed by atoms with Crippen LogP contribution >= 0.6 is 0 Å². The fourth-order valence-corrected chi connectivity index (χ4v) is 2.62. The summed E-state index contributed by atoms with van der Waals surface area (Å²) in [4.78, 5) is 4.27. The smallest absolute Gasteiger partial charge is 0.491 e. The quantitative estimate of drug-likeness (QED) is 0.716. The van der Waals surface area contributed by atoms with Crippen molar-refractivity contribution in [2.45, 2.75) is 12.5 Å². The summed E-state index contributed by atoms with van der Waals surface area (Å²) >= 11 is 0. The van der Waals surface area contributed by atoms with Gasteiger partial charge in [0.25, 0.3) is 0 Å². The molecule has 0 aromatic heterocycles. The third kappa shape index (κ3) is 7.47. The van der Waals surface area contributed by atoms with E-state index in [9.17, 15) is 18.3 Å². The lowest BCUT2D eigenvalue weighted by Crippen LogP contribution is -2.49. The van der Waals surface area contributed by atoms with Gasteiger partial charge in [0.05, 0.1) is 6.61 Å². The highest BCUT2D eigenvalue weighted by molar-refractivity contribution is 5.31. The lowest BCUT2D eigenvalue weighted by Gasteiger charge is -2.35. The molecule has 1 aliphatic rings. The van der Waals surface area contributed by atoms with Crippen molar-refractivity contribution in [1.82, 2.24) is 9.80 Å². The molecule has 1 aromatic carbocycles. The summed E-state index contributed by atoms with van der Waals surface area (Å²) in [6, 6.07) is 5.05. The van der Waals surface area contributed by atoms with Gasteiger partial charge in [0.2, 0.25) is 0 Å². The van der Waals surface area contributed by atoms with Crippen LogP contribution in [0, 0.1) is 0 Å². The molecule has 0 aliphatic carbocycles. The fourth-order valence-electron chi connectivity index (χ4n) is 2.62. The molecule has 25 heavy (non-hydrogen) atoms. The summed E-state index contributed by atoms with van der Waals surface area (Å²) in [5, 5.41) is 19.0. The molecule has 1 aliphatic heterocycles. The Balaban J connectivity index is 1.69. The van der Waals surface area contributed by atoms with E-state index >= 15 is 0 Å². The number of aliphatic hydroxyl groups excluding tert-OH is 2. The third-order valence-corrected chi connectivity index (χ3v) is 3.85. The predicted molar refractivity (Wildman–Crippen MR) is 84.6 cm³/mol. The van der Waals surface area contributed by atoms with Crippen LogP contribution < -0.4 is 9.47 Å². The number of ether oxygens (including phenoxy) is 2. The zero-order chi connectivity index (χ0) is 18.3. The van der Waals surface area contributed by atoms with E-state index in [0.717, 1.165) is 38.3 Å². The maximum atomic E-state index is 12.1. The summed E-state index contributed by atoms with van der Waals surface area (Å²) in [5.41, 5.74) is 0. The monoisotopic (exact) mass is 364 g/mol. The van der Waals surface area contributed by atoms with Crippen LogP contribution in [0.4, 0.5) is 13.2 Å². The van der Waals surface area contributed by atoms with Gasteiger partial charge in [-0.3, -0.25) is 9.80 Å². The van der Waals surface area contributed by atoms with E-state index in [1.165, 1.54) is 12.1 Å². The van der Waals surface area contributed by atoms with E-state index in [1.54, 1.807) is 0 Å². The van der Waals surface area contributed by atoms with Crippen molar-refractivity contribution in [2.24, 2.45) is 0 Å². The summed E-state index contributed by atoms with van der Waals surface area (Å²) in [5.74, 6) is 0.0440. The van der Waals surface area contributed by atoms with Crippen LogP contribution in [-0.4, -0.2) is 85.0 Å². The number of piperazine rings is 1. The van der Waals surface area contributed by atoms with Crippen molar-refractivity contribution in [3.63, 3.8) is 0 Å². The molecule has 142 valence electrons. The molecule has 1 aromatic rings. The SMILES string of the molecule is OCCN1CCN(C[C@@H](O)COc2ccc(OC(F)(F)F)cc2)CC1. The molecule has 1 saturated heterocycles. The molecule has 2 N–H and O–H groups in total. The van der Waals surface area contributed by atoms with Gasteiger partial charge in [-0.2, -0.15) is 0 Å². The van der Waals surface area contributed by atoms with Gasteiger partial charge in [0, 0.05) is 39.3 Å². The van der Waals surface area contributed by atoms with Gasteiger partial charge in [-0.25, -0.2) is 0 Å². The highest BCUT2D eigenvalue weighted by atomic mass is 19.4. The normalized spacial score (nSPS) is 18.1. The van der Waals surface area contributed by atoms with Crippen molar-refractivity contribution in [2.75, 3.05) is 52.5 Å². The topological polar surface area (TPSA) is 65.4 Å². The van der Waals surface area contributed by atoms with Crippen molar-refractivity contribution < 1.29 is 32.9 Å².